The molecule has 0 radical (unpaired) electrons. The minimum atomic E-state index is -1.09. The zero-order chi connectivity index (χ0) is 4.99. The monoisotopic (exact) mass is 90.0 g/mol. The Morgan fingerprint density at radius 1 is 2.00 bits per heavy atom. The van der Waals surface area contributed by atoms with Crippen molar-refractivity contribution in [2.75, 3.05) is 0 Å². The summed E-state index contributed by atoms with van der Waals surface area (Å²) in [5, 5.41) is 7.75. The molecule has 0 unspecified atom stereocenters. The third kappa shape index (κ3) is 3.47. The minimum absolute atomic E-state index is 0.544. The van der Waals surface area contributed by atoms with Crippen molar-refractivity contribution in [3.8, 4) is 0 Å². The molecule has 0 bridgehead atoms. The van der Waals surface area contributed by atoms with E-state index in [9.17, 15) is 4.39 Å². The Kier molecular flexibility index (Phi) is 2.46. The summed E-state index contributed by atoms with van der Waals surface area (Å²) in [6.45, 7) is 1.75. The molecule has 2 heteroatoms. The van der Waals surface area contributed by atoms with Gasteiger partial charge < -0.3 is 5.11 Å². The van der Waals surface area contributed by atoms with Crippen LogP contribution >= 0.6 is 0 Å². The van der Waals surface area contributed by atoms with Crippen molar-refractivity contribution < 1.29 is 9.50 Å². The van der Waals surface area contributed by atoms with Gasteiger partial charge in [0.15, 0.2) is 0 Å². The molecule has 0 heterocycles. The molecule has 0 fully saturated rings. The van der Waals surface area contributed by atoms with Crippen LogP contribution < -0.4 is 0 Å². The van der Waals surface area contributed by atoms with Crippen molar-refractivity contribution in [3.63, 3.8) is 0 Å². The lowest BCUT2D eigenvalue weighted by atomic mass is 10.5. The number of aliphatic hydroxyl groups is 1. The van der Waals surface area contributed by atoms with Crippen LogP contribution in [-0.4, -0.2) is 5.11 Å². The zero-order valence-electron chi connectivity index (χ0n) is 3.61. The van der Waals surface area contributed by atoms with Crippen LogP contribution in [0, 0.1) is 0 Å². The van der Waals surface area contributed by atoms with Gasteiger partial charge in [-0.1, -0.05) is 6.92 Å². The molecular weight excluding hydrogens is 83.0 g/mol. The molecule has 1 nitrogen and oxygen atoms in total. The van der Waals surface area contributed by atoms with Gasteiger partial charge in [-0.25, -0.2) is 0 Å². The maximum Gasteiger partial charge on any atom is 0.266 e. The molecule has 1 N–H and O–H groups in total. The highest BCUT2D eigenvalue weighted by Crippen LogP contribution is 1.88. The van der Waals surface area contributed by atoms with Crippen LogP contribution in [0.5, 0.6) is 0 Å². The fourth-order valence-corrected chi connectivity index (χ4v) is 0.168. The highest BCUT2D eigenvalue weighted by molar-refractivity contribution is 4.76. The Balaban J connectivity index is 3.14. The predicted molar refractivity (Wildman–Crippen MR) is 22.1 cm³/mol. The van der Waals surface area contributed by atoms with Crippen LogP contribution in [0.25, 0.3) is 0 Å². The summed E-state index contributed by atoms with van der Waals surface area (Å²) < 4.78 is 11.1. The zero-order valence-corrected chi connectivity index (χ0v) is 3.61. The van der Waals surface area contributed by atoms with Gasteiger partial charge >= 0.3 is 0 Å². The lowest BCUT2D eigenvalue weighted by Crippen LogP contribution is -1.62. The quantitative estimate of drug-likeness (QED) is 0.486. The van der Waals surface area contributed by atoms with Crippen molar-refractivity contribution in [2.45, 2.75) is 13.3 Å². The van der Waals surface area contributed by atoms with Gasteiger partial charge in [0.1, 0.15) is 0 Å². The molecule has 36 valence electrons. The fourth-order valence-electron chi connectivity index (χ4n) is 0.168. The summed E-state index contributed by atoms with van der Waals surface area (Å²) in [6.07, 6.45) is 1.64. The molecule has 0 spiro atoms. The Morgan fingerprint density at radius 2 is 2.50 bits per heavy atom. The molecule has 0 aliphatic rings. The van der Waals surface area contributed by atoms with E-state index in [-0.39, 0.29) is 0 Å². The van der Waals surface area contributed by atoms with Gasteiger partial charge in [0.25, 0.3) is 6.01 Å². The highest BCUT2D eigenvalue weighted by atomic mass is 19.1. The molecule has 0 aromatic heterocycles. The van der Waals surface area contributed by atoms with E-state index in [1.165, 1.54) is 0 Å². The van der Waals surface area contributed by atoms with E-state index in [0.717, 1.165) is 6.08 Å². The number of aliphatic hydroxyl groups excluding tert-OH is 1. The molecule has 0 aromatic rings. The van der Waals surface area contributed by atoms with Crippen molar-refractivity contribution in [1.82, 2.24) is 0 Å². The van der Waals surface area contributed by atoms with Crippen LogP contribution in [0.3, 0.4) is 0 Å². The number of allylic oxidation sites excluding steroid dienone is 1. The highest BCUT2D eigenvalue weighted by Gasteiger charge is 1.76. The fraction of sp³-hybridized carbons (Fsp3) is 0.500. The topological polar surface area (TPSA) is 20.2 Å². The average Bonchev–Trinajstić information content (AvgIpc) is 1.35. The lowest BCUT2D eigenvalue weighted by Gasteiger charge is -1.75. The largest absolute Gasteiger partial charge is 0.487 e. The van der Waals surface area contributed by atoms with Crippen molar-refractivity contribution in [2.24, 2.45) is 0 Å². The van der Waals surface area contributed by atoms with Crippen LogP contribution in [0.2, 0.25) is 0 Å². The SMILES string of the molecule is CCC=C(O)F. The second kappa shape index (κ2) is 2.69. The molecular formula is C4H7FO. The molecule has 0 aromatic carbocycles. The average molecular weight is 90.1 g/mol. The number of hydrogen-bond acceptors (Lipinski definition) is 1. The van der Waals surface area contributed by atoms with Crippen molar-refractivity contribution in [1.29, 1.82) is 0 Å². The number of rotatable bonds is 1. The second-order valence-corrected chi connectivity index (χ2v) is 0.935. The van der Waals surface area contributed by atoms with E-state index in [1.54, 1.807) is 6.92 Å². The first-order valence-electron chi connectivity index (χ1n) is 1.82. The number of halogens is 1. The lowest BCUT2D eigenvalue weighted by molar-refractivity contribution is 0.281. The Hall–Kier alpha value is -0.530. The predicted octanol–water partition coefficient (Wildman–Crippen LogP) is 1.77. The number of hydrogen-bond donors (Lipinski definition) is 1. The summed E-state index contributed by atoms with van der Waals surface area (Å²) in [5.74, 6) is 0. The molecule has 6 heavy (non-hydrogen) atoms. The molecule has 0 atom stereocenters. The molecule has 0 amide bonds. The second-order valence-electron chi connectivity index (χ2n) is 0.935. The normalized spacial score (nSPS) is 12.0. The summed E-state index contributed by atoms with van der Waals surface area (Å²) in [5.41, 5.74) is 0. The smallest absolute Gasteiger partial charge is 0.266 e. The van der Waals surface area contributed by atoms with Gasteiger partial charge in [-0.3, -0.25) is 0 Å². The van der Waals surface area contributed by atoms with E-state index < -0.39 is 6.01 Å². The summed E-state index contributed by atoms with van der Waals surface area (Å²) in [7, 11) is 0. The minimum Gasteiger partial charge on any atom is -0.487 e. The van der Waals surface area contributed by atoms with Gasteiger partial charge in [0, 0.05) is 0 Å². The molecule has 0 rings (SSSR count). The van der Waals surface area contributed by atoms with Crippen LogP contribution in [0.15, 0.2) is 12.1 Å². The Labute approximate surface area is 36.1 Å². The summed E-state index contributed by atoms with van der Waals surface area (Å²) in [6, 6.07) is -1.09. The van der Waals surface area contributed by atoms with Gasteiger partial charge in [-0.15, -0.1) is 0 Å². The maximum absolute atomic E-state index is 11.1. The molecule has 0 aliphatic carbocycles. The van der Waals surface area contributed by atoms with E-state index in [4.69, 9.17) is 5.11 Å². The molecule has 0 saturated carbocycles. The van der Waals surface area contributed by atoms with Gasteiger partial charge in [-0.2, -0.15) is 4.39 Å². The third-order valence-corrected chi connectivity index (χ3v) is 0.373. The van der Waals surface area contributed by atoms with E-state index in [1.807, 2.05) is 0 Å². The van der Waals surface area contributed by atoms with Gasteiger partial charge in [-0.05, 0) is 12.5 Å². The van der Waals surface area contributed by atoms with Crippen LogP contribution in [-0.2, 0) is 0 Å². The molecule has 0 saturated heterocycles. The first-order chi connectivity index (χ1) is 2.77. The summed E-state index contributed by atoms with van der Waals surface area (Å²) >= 11 is 0. The van der Waals surface area contributed by atoms with Gasteiger partial charge in [0.05, 0.1) is 0 Å². The Morgan fingerprint density at radius 3 is 2.50 bits per heavy atom. The summed E-state index contributed by atoms with van der Waals surface area (Å²) in [4.78, 5) is 0. The van der Waals surface area contributed by atoms with E-state index >= 15 is 0 Å². The standard InChI is InChI=1S/C4H7FO/c1-2-3-4(5)6/h3,6H,2H2,1H3. The van der Waals surface area contributed by atoms with Crippen molar-refractivity contribution in [3.05, 3.63) is 12.1 Å². The third-order valence-electron chi connectivity index (χ3n) is 0.373. The van der Waals surface area contributed by atoms with Crippen LogP contribution in [0.1, 0.15) is 13.3 Å². The van der Waals surface area contributed by atoms with Crippen molar-refractivity contribution >= 4 is 0 Å². The maximum atomic E-state index is 11.1. The van der Waals surface area contributed by atoms with Crippen LogP contribution in [0.4, 0.5) is 4.39 Å². The first-order valence-corrected chi connectivity index (χ1v) is 1.82. The molecule has 0 aliphatic heterocycles. The first kappa shape index (κ1) is 5.47. The van der Waals surface area contributed by atoms with Gasteiger partial charge in [0.2, 0.25) is 0 Å². The van der Waals surface area contributed by atoms with E-state index in [2.05, 4.69) is 0 Å². The Bertz CT molecular complexity index is 54.6. The van der Waals surface area contributed by atoms with E-state index in [0.29, 0.717) is 6.42 Å².